The Labute approximate surface area is 108 Å². The normalized spacial score (nSPS) is 18.7. The fourth-order valence-corrected chi connectivity index (χ4v) is 2.78. The highest BCUT2D eigenvalue weighted by molar-refractivity contribution is 5.85. The Bertz CT molecular complexity index is 393. The van der Waals surface area contributed by atoms with Crippen LogP contribution in [0.25, 0.3) is 0 Å². The molecule has 1 aliphatic carbocycles. The van der Waals surface area contributed by atoms with Crippen molar-refractivity contribution in [1.29, 1.82) is 0 Å². The van der Waals surface area contributed by atoms with Crippen molar-refractivity contribution in [2.45, 2.75) is 57.3 Å². The average molecular weight is 247 g/mol. The summed E-state index contributed by atoms with van der Waals surface area (Å²) in [6.45, 7) is 0. The first kappa shape index (κ1) is 13.1. The maximum atomic E-state index is 11.0. The molecule has 0 saturated heterocycles. The molecule has 1 heterocycles. The van der Waals surface area contributed by atoms with Gasteiger partial charge in [0.2, 0.25) is 0 Å². The first-order chi connectivity index (χ1) is 8.77. The van der Waals surface area contributed by atoms with Gasteiger partial charge in [-0.1, -0.05) is 38.5 Å². The predicted molar refractivity (Wildman–Crippen MR) is 70.9 cm³/mol. The molecule has 3 nitrogen and oxygen atoms in total. The minimum Gasteiger partial charge on any atom is -0.477 e. The van der Waals surface area contributed by atoms with E-state index in [4.69, 9.17) is 5.11 Å². The summed E-state index contributed by atoms with van der Waals surface area (Å²) in [4.78, 5) is 14.8. The Morgan fingerprint density at radius 2 is 1.72 bits per heavy atom. The average Bonchev–Trinajstić information content (AvgIpc) is 2.52. The summed E-state index contributed by atoms with van der Waals surface area (Å²) in [7, 11) is 0. The number of pyridine rings is 1. The summed E-state index contributed by atoms with van der Waals surface area (Å²) in [5.41, 5.74) is 1.33. The highest BCUT2D eigenvalue weighted by Gasteiger charge is 2.15. The monoisotopic (exact) mass is 247 g/mol. The van der Waals surface area contributed by atoms with Crippen molar-refractivity contribution < 1.29 is 9.90 Å². The molecular weight excluding hydrogens is 226 g/mol. The SMILES string of the molecule is O=C(O)c1cc(C2CCCCCCCC2)ccn1. The number of aromatic carboxylic acids is 1. The summed E-state index contributed by atoms with van der Waals surface area (Å²) < 4.78 is 0. The lowest BCUT2D eigenvalue weighted by Crippen LogP contribution is -2.04. The van der Waals surface area contributed by atoms with Gasteiger partial charge >= 0.3 is 5.97 Å². The van der Waals surface area contributed by atoms with Crippen LogP contribution in [0.1, 0.15) is 73.3 Å². The lowest BCUT2D eigenvalue weighted by Gasteiger charge is -2.16. The molecule has 1 aromatic rings. The summed E-state index contributed by atoms with van der Waals surface area (Å²) >= 11 is 0. The van der Waals surface area contributed by atoms with Crippen LogP contribution in [0.3, 0.4) is 0 Å². The molecule has 1 aliphatic rings. The fraction of sp³-hybridized carbons (Fsp3) is 0.600. The molecule has 98 valence electrons. The van der Waals surface area contributed by atoms with Crippen molar-refractivity contribution >= 4 is 5.97 Å². The quantitative estimate of drug-likeness (QED) is 0.859. The number of nitrogens with zero attached hydrogens (tertiary/aromatic N) is 1. The van der Waals surface area contributed by atoms with E-state index in [2.05, 4.69) is 4.98 Å². The van der Waals surface area contributed by atoms with E-state index in [1.165, 1.54) is 51.4 Å². The first-order valence-corrected chi connectivity index (χ1v) is 6.96. The highest BCUT2D eigenvalue weighted by atomic mass is 16.4. The summed E-state index contributed by atoms with van der Waals surface area (Å²) in [6.07, 6.45) is 11.8. The van der Waals surface area contributed by atoms with Crippen LogP contribution in [0.5, 0.6) is 0 Å². The van der Waals surface area contributed by atoms with Gasteiger partial charge in [0.1, 0.15) is 5.69 Å². The summed E-state index contributed by atoms with van der Waals surface area (Å²) in [5, 5.41) is 8.99. The van der Waals surface area contributed by atoms with Crippen molar-refractivity contribution in [2.75, 3.05) is 0 Å². The van der Waals surface area contributed by atoms with Crippen LogP contribution < -0.4 is 0 Å². The largest absolute Gasteiger partial charge is 0.477 e. The number of carboxylic acid groups (broad SMARTS) is 1. The van der Waals surface area contributed by atoms with Gasteiger partial charge in [-0.05, 0) is 36.5 Å². The third kappa shape index (κ3) is 3.56. The van der Waals surface area contributed by atoms with Gasteiger partial charge in [0.15, 0.2) is 0 Å². The van der Waals surface area contributed by atoms with Gasteiger partial charge in [-0.25, -0.2) is 9.78 Å². The first-order valence-electron chi connectivity index (χ1n) is 6.96. The molecule has 0 radical (unpaired) electrons. The molecule has 0 amide bonds. The molecule has 1 N–H and O–H groups in total. The van der Waals surface area contributed by atoms with Crippen LogP contribution in [0.4, 0.5) is 0 Å². The van der Waals surface area contributed by atoms with E-state index in [1.807, 2.05) is 6.07 Å². The maximum absolute atomic E-state index is 11.0. The van der Waals surface area contributed by atoms with Crippen LogP contribution in [0.15, 0.2) is 18.3 Å². The third-order valence-corrected chi connectivity index (χ3v) is 3.83. The lowest BCUT2D eigenvalue weighted by molar-refractivity contribution is 0.0690. The highest BCUT2D eigenvalue weighted by Crippen LogP contribution is 2.30. The number of rotatable bonds is 2. The van der Waals surface area contributed by atoms with E-state index in [-0.39, 0.29) is 5.69 Å². The molecule has 2 rings (SSSR count). The second kappa shape index (κ2) is 6.53. The topological polar surface area (TPSA) is 50.2 Å². The van der Waals surface area contributed by atoms with Gasteiger partial charge in [-0.3, -0.25) is 0 Å². The molecule has 0 aromatic carbocycles. The van der Waals surface area contributed by atoms with E-state index in [0.29, 0.717) is 5.92 Å². The van der Waals surface area contributed by atoms with Crippen LogP contribution in [-0.4, -0.2) is 16.1 Å². The molecular formula is C15H21NO2. The zero-order chi connectivity index (χ0) is 12.8. The summed E-state index contributed by atoms with van der Waals surface area (Å²) in [5.74, 6) is -0.413. The predicted octanol–water partition coefficient (Wildman–Crippen LogP) is 4.00. The minimum atomic E-state index is -0.931. The van der Waals surface area contributed by atoms with Crippen LogP contribution in [0, 0.1) is 0 Å². The van der Waals surface area contributed by atoms with Crippen molar-refractivity contribution in [2.24, 2.45) is 0 Å². The van der Waals surface area contributed by atoms with Crippen molar-refractivity contribution in [1.82, 2.24) is 4.98 Å². The van der Waals surface area contributed by atoms with Gasteiger partial charge in [-0.2, -0.15) is 0 Å². The fourth-order valence-electron chi connectivity index (χ4n) is 2.78. The molecule has 1 saturated carbocycles. The Balaban J connectivity index is 2.11. The number of hydrogen-bond donors (Lipinski definition) is 1. The van der Waals surface area contributed by atoms with Crippen LogP contribution >= 0.6 is 0 Å². The molecule has 0 aliphatic heterocycles. The second-order valence-corrected chi connectivity index (χ2v) is 5.18. The maximum Gasteiger partial charge on any atom is 0.354 e. The number of carboxylic acids is 1. The van der Waals surface area contributed by atoms with Crippen molar-refractivity contribution in [3.8, 4) is 0 Å². The molecule has 1 aromatic heterocycles. The van der Waals surface area contributed by atoms with E-state index >= 15 is 0 Å². The standard InChI is InChI=1S/C15H21NO2/c17-15(18)14-11-13(9-10-16-14)12-7-5-3-1-2-4-6-8-12/h9-12H,1-8H2,(H,17,18). The smallest absolute Gasteiger partial charge is 0.354 e. The van der Waals surface area contributed by atoms with E-state index in [1.54, 1.807) is 12.3 Å². The third-order valence-electron chi connectivity index (χ3n) is 3.83. The van der Waals surface area contributed by atoms with Gasteiger partial charge < -0.3 is 5.11 Å². The van der Waals surface area contributed by atoms with Crippen molar-refractivity contribution in [3.63, 3.8) is 0 Å². The Morgan fingerprint density at radius 3 is 2.33 bits per heavy atom. The van der Waals surface area contributed by atoms with Crippen LogP contribution in [-0.2, 0) is 0 Å². The van der Waals surface area contributed by atoms with Gasteiger partial charge in [-0.15, -0.1) is 0 Å². The molecule has 0 unspecified atom stereocenters. The van der Waals surface area contributed by atoms with Gasteiger partial charge in [0.05, 0.1) is 0 Å². The molecule has 18 heavy (non-hydrogen) atoms. The molecule has 1 fully saturated rings. The Morgan fingerprint density at radius 1 is 1.11 bits per heavy atom. The molecule has 0 atom stereocenters. The van der Waals surface area contributed by atoms with E-state index in [0.717, 1.165) is 5.56 Å². The number of hydrogen-bond acceptors (Lipinski definition) is 2. The number of aromatic nitrogens is 1. The van der Waals surface area contributed by atoms with Gasteiger partial charge in [0.25, 0.3) is 0 Å². The Kier molecular flexibility index (Phi) is 4.73. The molecule has 0 spiro atoms. The minimum absolute atomic E-state index is 0.173. The van der Waals surface area contributed by atoms with Gasteiger partial charge in [0, 0.05) is 6.20 Å². The van der Waals surface area contributed by atoms with E-state index < -0.39 is 5.97 Å². The lowest BCUT2D eigenvalue weighted by atomic mass is 9.90. The zero-order valence-corrected chi connectivity index (χ0v) is 10.8. The second-order valence-electron chi connectivity index (χ2n) is 5.18. The van der Waals surface area contributed by atoms with E-state index in [9.17, 15) is 4.79 Å². The zero-order valence-electron chi connectivity index (χ0n) is 10.8. The van der Waals surface area contributed by atoms with Crippen LogP contribution in [0.2, 0.25) is 0 Å². The number of carbonyl (C=O) groups is 1. The molecule has 0 bridgehead atoms. The summed E-state index contributed by atoms with van der Waals surface area (Å²) in [6, 6.07) is 3.74. The Hall–Kier alpha value is -1.38. The molecule has 3 heteroatoms. The van der Waals surface area contributed by atoms with Crippen molar-refractivity contribution in [3.05, 3.63) is 29.6 Å².